The summed E-state index contributed by atoms with van der Waals surface area (Å²) >= 11 is 1.26. The molecule has 1 aliphatic rings. The minimum Gasteiger partial charge on any atom is -0.383 e. The highest BCUT2D eigenvalue weighted by molar-refractivity contribution is 14.0. The van der Waals surface area contributed by atoms with Crippen LogP contribution in [0.2, 0.25) is 0 Å². The van der Waals surface area contributed by atoms with Crippen molar-refractivity contribution in [1.82, 2.24) is 9.62 Å². The number of nitrogens with one attached hydrogen (secondary N) is 1. The zero-order chi connectivity index (χ0) is 17.6. The molecule has 1 fully saturated rings. The van der Waals surface area contributed by atoms with Crippen LogP contribution in [0.3, 0.4) is 0 Å². The Kier molecular flexibility index (Phi) is 9.64. The van der Waals surface area contributed by atoms with E-state index in [0.29, 0.717) is 36.4 Å². The van der Waals surface area contributed by atoms with E-state index in [1.165, 1.54) is 11.3 Å². The van der Waals surface area contributed by atoms with Crippen molar-refractivity contribution in [2.75, 3.05) is 26.8 Å². The van der Waals surface area contributed by atoms with Crippen molar-refractivity contribution in [2.45, 2.75) is 43.0 Å². The molecule has 1 aromatic rings. The second-order valence-electron chi connectivity index (χ2n) is 5.89. The van der Waals surface area contributed by atoms with Gasteiger partial charge in [0, 0.05) is 31.1 Å². The van der Waals surface area contributed by atoms with Crippen LogP contribution in [0.15, 0.2) is 21.3 Å². The molecule has 0 aliphatic carbocycles. The lowest BCUT2D eigenvalue weighted by Crippen LogP contribution is -2.40. The van der Waals surface area contributed by atoms with E-state index in [4.69, 9.17) is 10.5 Å². The van der Waals surface area contributed by atoms with Gasteiger partial charge in [0.15, 0.2) is 5.96 Å². The predicted molar refractivity (Wildman–Crippen MR) is 112 cm³/mol. The maximum absolute atomic E-state index is 12.6. The minimum atomic E-state index is -3.37. The summed E-state index contributed by atoms with van der Waals surface area (Å²) in [5, 5.41) is 3.02. The number of rotatable bonds is 7. The zero-order valence-electron chi connectivity index (χ0n) is 14.6. The molecule has 0 spiro atoms. The van der Waals surface area contributed by atoms with Gasteiger partial charge in [0.25, 0.3) is 10.0 Å². The molecule has 1 aliphatic heterocycles. The summed E-state index contributed by atoms with van der Waals surface area (Å²) in [6.07, 6.45) is 2.97. The molecule has 0 aromatic carbocycles. The number of hydrogen-bond donors (Lipinski definition) is 2. The maximum atomic E-state index is 12.6. The van der Waals surface area contributed by atoms with Crippen LogP contribution in [0.4, 0.5) is 0 Å². The number of thiophene rings is 1. The maximum Gasteiger partial charge on any atom is 0.252 e. The van der Waals surface area contributed by atoms with Crippen LogP contribution in [0, 0.1) is 0 Å². The van der Waals surface area contributed by atoms with Gasteiger partial charge in [0.2, 0.25) is 0 Å². The standard InChI is InChI=1S/C15H26N4O3S2.HI/c1-12(11-22-2)18-15(16)17-10-13-6-7-14(23-13)24(20,21)19-8-4-3-5-9-19;/h6-7,12H,3-5,8-11H2,1-2H3,(H3,16,17,18);1H. The van der Waals surface area contributed by atoms with Crippen LogP contribution >= 0.6 is 35.3 Å². The van der Waals surface area contributed by atoms with Gasteiger partial charge < -0.3 is 15.8 Å². The predicted octanol–water partition coefficient (Wildman–Crippen LogP) is 1.98. The number of hydrogen-bond acceptors (Lipinski definition) is 5. The second kappa shape index (κ2) is 10.7. The fraction of sp³-hybridized carbons (Fsp3) is 0.667. The average Bonchev–Trinajstić information content (AvgIpc) is 3.04. The van der Waals surface area contributed by atoms with Crippen molar-refractivity contribution in [3.63, 3.8) is 0 Å². The van der Waals surface area contributed by atoms with Gasteiger partial charge in [-0.05, 0) is 31.9 Å². The van der Waals surface area contributed by atoms with Crippen molar-refractivity contribution in [2.24, 2.45) is 10.7 Å². The van der Waals surface area contributed by atoms with E-state index in [-0.39, 0.29) is 30.0 Å². The third-order valence-electron chi connectivity index (χ3n) is 3.76. The lowest BCUT2D eigenvalue weighted by Gasteiger charge is -2.25. The Hall–Kier alpha value is -0.430. The fourth-order valence-corrected chi connectivity index (χ4v) is 5.52. The van der Waals surface area contributed by atoms with Crippen LogP contribution in [0.25, 0.3) is 0 Å². The smallest absolute Gasteiger partial charge is 0.252 e. The average molecular weight is 502 g/mol. The number of methoxy groups -OCH3 is 1. The van der Waals surface area contributed by atoms with Gasteiger partial charge in [-0.1, -0.05) is 6.42 Å². The summed E-state index contributed by atoms with van der Waals surface area (Å²) in [7, 11) is -1.74. The molecular weight excluding hydrogens is 475 g/mol. The first-order chi connectivity index (χ1) is 11.4. The van der Waals surface area contributed by atoms with Crippen LogP contribution < -0.4 is 11.1 Å². The molecule has 0 saturated carbocycles. The Bertz CT molecular complexity index is 657. The summed E-state index contributed by atoms with van der Waals surface area (Å²) in [4.78, 5) is 5.12. The van der Waals surface area contributed by atoms with E-state index in [2.05, 4.69) is 10.3 Å². The van der Waals surface area contributed by atoms with E-state index in [1.807, 2.05) is 6.92 Å². The lowest BCUT2D eigenvalue weighted by atomic mass is 10.2. The number of nitrogens with two attached hydrogens (primary N) is 1. The largest absolute Gasteiger partial charge is 0.383 e. The third kappa shape index (κ3) is 6.66. The second-order valence-corrected chi connectivity index (χ2v) is 9.22. The SMILES string of the molecule is COCC(C)NC(N)=NCc1ccc(S(=O)(=O)N2CCCCC2)s1.I. The molecule has 2 heterocycles. The highest BCUT2D eigenvalue weighted by Gasteiger charge is 2.27. The minimum absolute atomic E-state index is 0. The summed E-state index contributed by atoms with van der Waals surface area (Å²) in [6.45, 7) is 4.07. The topological polar surface area (TPSA) is 97.0 Å². The molecule has 7 nitrogen and oxygen atoms in total. The monoisotopic (exact) mass is 502 g/mol. The quantitative estimate of drug-likeness (QED) is 0.338. The Balaban J connectivity index is 0.00000312. The Labute approximate surface area is 171 Å². The van der Waals surface area contributed by atoms with E-state index in [9.17, 15) is 8.42 Å². The molecule has 2 rings (SSSR count). The van der Waals surface area contributed by atoms with Crippen molar-refractivity contribution in [3.05, 3.63) is 17.0 Å². The van der Waals surface area contributed by atoms with Crippen molar-refractivity contribution in [3.8, 4) is 0 Å². The summed E-state index contributed by atoms with van der Waals surface area (Å²) in [5.74, 6) is 0.327. The van der Waals surface area contributed by atoms with Crippen LogP contribution in [-0.2, 0) is 21.3 Å². The first kappa shape index (κ1) is 22.6. The number of halogens is 1. The van der Waals surface area contributed by atoms with Crippen molar-refractivity contribution in [1.29, 1.82) is 0 Å². The molecule has 1 saturated heterocycles. The van der Waals surface area contributed by atoms with Crippen molar-refractivity contribution < 1.29 is 13.2 Å². The molecule has 3 N–H and O–H groups in total. The first-order valence-corrected chi connectivity index (χ1v) is 10.3. The molecule has 0 bridgehead atoms. The number of sulfonamides is 1. The fourth-order valence-electron chi connectivity index (χ4n) is 2.57. The van der Waals surface area contributed by atoms with E-state index in [1.54, 1.807) is 23.5 Å². The molecule has 1 aromatic heterocycles. The van der Waals surface area contributed by atoms with Gasteiger partial charge in [-0.25, -0.2) is 13.4 Å². The van der Waals surface area contributed by atoms with Gasteiger partial charge in [-0.15, -0.1) is 35.3 Å². The summed E-state index contributed by atoms with van der Waals surface area (Å²) in [6, 6.07) is 3.53. The van der Waals surface area contributed by atoms with E-state index in [0.717, 1.165) is 24.1 Å². The zero-order valence-corrected chi connectivity index (χ0v) is 18.6. The molecule has 1 atom stereocenters. The highest BCUT2D eigenvalue weighted by atomic mass is 127. The molecule has 10 heteroatoms. The molecular formula is C15H27IN4O3S2. The van der Waals surface area contributed by atoms with E-state index >= 15 is 0 Å². The number of piperidine rings is 1. The first-order valence-electron chi connectivity index (χ1n) is 8.07. The lowest BCUT2D eigenvalue weighted by molar-refractivity contribution is 0.179. The van der Waals surface area contributed by atoms with Gasteiger partial charge in [-0.2, -0.15) is 4.31 Å². The van der Waals surface area contributed by atoms with E-state index < -0.39 is 10.0 Å². The van der Waals surface area contributed by atoms with Gasteiger partial charge >= 0.3 is 0 Å². The summed E-state index contributed by atoms with van der Waals surface area (Å²) < 4.78 is 32.2. The van der Waals surface area contributed by atoms with Gasteiger partial charge in [0.05, 0.1) is 13.2 Å². The summed E-state index contributed by atoms with van der Waals surface area (Å²) in [5.41, 5.74) is 5.82. The molecule has 0 radical (unpaired) electrons. The Morgan fingerprint density at radius 1 is 1.40 bits per heavy atom. The Morgan fingerprint density at radius 3 is 2.72 bits per heavy atom. The number of aliphatic imine (C=N–C) groups is 1. The number of guanidine groups is 1. The Morgan fingerprint density at radius 2 is 2.08 bits per heavy atom. The van der Waals surface area contributed by atoms with Crippen LogP contribution in [0.5, 0.6) is 0 Å². The highest BCUT2D eigenvalue weighted by Crippen LogP contribution is 2.27. The third-order valence-corrected chi connectivity index (χ3v) is 7.20. The normalized spacial score (nSPS) is 17.8. The number of ether oxygens (including phenoxy) is 1. The molecule has 0 amide bonds. The van der Waals surface area contributed by atoms with Gasteiger partial charge in [-0.3, -0.25) is 0 Å². The molecule has 25 heavy (non-hydrogen) atoms. The van der Waals surface area contributed by atoms with Gasteiger partial charge in [0.1, 0.15) is 4.21 Å². The molecule has 1 unspecified atom stereocenters. The van der Waals surface area contributed by atoms with Crippen molar-refractivity contribution >= 4 is 51.3 Å². The van der Waals surface area contributed by atoms with Crippen LogP contribution in [0.1, 0.15) is 31.1 Å². The number of nitrogens with zero attached hydrogens (tertiary/aromatic N) is 2. The molecule has 144 valence electrons. The van der Waals surface area contributed by atoms with Crippen LogP contribution in [-0.4, -0.2) is 51.5 Å².